The smallest absolute Gasteiger partial charge is 0.0540 e. The Hall–Kier alpha value is -7.48. The predicted octanol–water partition coefficient (Wildman–Crippen LogP) is 15.8. The van der Waals surface area contributed by atoms with E-state index < -0.39 is 0 Å². The molecule has 10 aromatic rings. The van der Waals surface area contributed by atoms with Gasteiger partial charge in [-0.3, -0.25) is 0 Å². The Morgan fingerprint density at radius 3 is 1.25 bits per heavy atom. The Balaban J connectivity index is 1.24. The van der Waals surface area contributed by atoms with Crippen LogP contribution in [-0.4, -0.2) is 0 Å². The van der Waals surface area contributed by atoms with Gasteiger partial charge in [0, 0.05) is 16.9 Å². The van der Waals surface area contributed by atoms with Crippen molar-refractivity contribution in [3.05, 3.63) is 237 Å². The quantitative estimate of drug-likeness (QED) is 0.141. The van der Waals surface area contributed by atoms with Crippen LogP contribution in [0.15, 0.2) is 237 Å². The first-order valence-corrected chi connectivity index (χ1v) is 19.6. The molecule has 0 saturated carbocycles. The first-order chi connectivity index (χ1) is 28.3. The van der Waals surface area contributed by atoms with Gasteiger partial charge < -0.3 is 4.90 Å². The third kappa shape index (κ3) is 6.46. The van der Waals surface area contributed by atoms with Gasteiger partial charge in [0.05, 0.1) is 5.69 Å². The Morgan fingerprint density at radius 1 is 0.228 bits per heavy atom. The van der Waals surface area contributed by atoms with Crippen LogP contribution in [0.25, 0.3) is 77.2 Å². The number of para-hydroxylation sites is 2. The van der Waals surface area contributed by atoms with Gasteiger partial charge in [-0.2, -0.15) is 0 Å². The third-order valence-corrected chi connectivity index (χ3v) is 11.0. The normalized spacial score (nSPS) is 11.2. The van der Waals surface area contributed by atoms with Crippen molar-refractivity contribution in [1.82, 2.24) is 0 Å². The standard InChI is InChI=1S/C56H39N/c1-6-20-40(21-7-1)45-36-46(41-22-8-2-9-23-41)38-48(37-45)57(47-28-14-5-15-29-47)54-33-19-18-30-49(54)44-34-35-51-50-31-16-17-32-52(50)55(42-24-10-3-11-25-42)56(53(51)39-44)43-26-12-4-13-27-43/h1-39H. The molecule has 1 heteroatoms. The van der Waals surface area contributed by atoms with Gasteiger partial charge in [-0.15, -0.1) is 0 Å². The molecule has 0 atom stereocenters. The van der Waals surface area contributed by atoms with E-state index in [-0.39, 0.29) is 0 Å². The lowest BCUT2D eigenvalue weighted by atomic mass is 9.84. The van der Waals surface area contributed by atoms with Crippen LogP contribution in [0.1, 0.15) is 0 Å². The highest BCUT2D eigenvalue weighted by atomic mass is 15.1. The summed E-state index contributed by atoms with van der Waals surface area (Å²) in [6, 6.07) is 85.7. The maximum Gasteiger partial charge on any atom is 0.0540 e. The van der Waals surface area contributed by atoms with Crippen molar-refractivity contribution in [2.75, 3.05) is 4.90 Å². The van der Waals surface area contributed by atoms with Crippen LogP contribution in [0.5, 0.6) is 0 Å². The fraction of sp³-hybridized carbons (Fsp3) is 0. The molecule has 0 saturated heterocycles. The number of nitrogens with zero attached hydrogens (tertiary/aromatic N) is 1. The lowest BCUT2D eigenvalue weighted by Gasteiger charge is -2.29. The summed E-state index contributed by atoms with van der Waals surface area (Å²) in [5.74, 6) is 0. The molecule has 0 fully saturated rings. The SMILES string of the molecule is c1ccc(-c2cc(-c3ccccc3)cc(N(c3ccccc3)c3ccccc3-c3ccc4c(c3)c(-c3ccccc3)c(-c3ccccc3)c3ccccc34)c2)cc1. The van der Waals surface area contributed by atoms with E-state index in [2.05, 4.69) is 241 Å². The van der Waals surface area contributed by atoms with Gasteiger partial charge in [0.1, 0.15) is 0 Å². The van der Waals surface area contributed by atoms with Gasteiger partial charge in [0.15, 0.2) is 0 Å². The van der Waals surface area contributed by atoms with Gasteiger partial charge in [-0.1, -0.05) is 194 Å². The van der Waals surface area contributed by atoms with Gasteiger partial charge in [-0.05, 0) is 114 Å². The lowest BCUT2D eigenvalue weighted by Crippen LogP contribution is -2.11. The maximum atomic E-state index is 2.42. The molecule has 0 aliphatic carbocycles. The summed E-state index contributed by atoms with van der Waals surface area (Å²) >= 11 is 0. The van der Waals surface area contributed by atoms with E-state index in [0.717, 1.165) is 28.2 Å². The summed E-state index contributed by atoms with van der Waals surface area (Å²) in [7, 11) is 0. The van der Waals surface area contributed by atoms with E-state index in [1.807, 2.05) is 0 Å². The first kappa shape index (κ1) is 34.0. The molecule has 10 aromatic carbocycles. The van der Waals surface area contributed by atoms with Crippen LogP contribution in [0.2, 0.25) is 0 Å². The Bertz CT molecular complexity index is 2920. The predicted molar refractivity (Wildman–Crippen MR) is 243 cm³/mol. The van der Waals surface area contributed by atoms with Crippen molar-refractivity contribution in [1.29, 1.82) is 0 Å². The van der Waals surface area contributed by atoms with Crippen molar-refractivity contribution < 1.29 is 0 Å². The van der Waals surface area contributed by atoms with Crippen molar-refractivity contribution >= 4 is 38.6 Å². The molecule has 268 valence electrons. The second-order valence-corrected chi connectivity index (χ2v) is 14.5. The number of anilines is 3. The molecule has 1 nitrogen and oxygen atoms in total. The van der Waals surface area contributed by atoms with E-state index in [1.165, 1.54) is 66.1 Å². The van der Waals surface area contributed by atoms with Crippen LogP contribution in [-0.2, 0) is 0 Å². The highest BCUT2D eigenvalue weighted by Crippen LogP contribution is 2.48. The molecule has 0 heterocycles. The zero-order chi connectivity index (χ0) is 38.0. The average molecular weight is 726 g/mol. The molecular formula is C56H39N. The van der Waals surface area contributed by atoms with Gasteiger partial charge >= 0.3 is 0 Å². The van der Waals surface area contributed by atoms with Crippen molar-refractivity contribution in [3.63, 3.8) is 0 Å². The molecule has 0 aromatic heterocycles. The molecule has 0 radical (unpaired) electrons. The van der Waals surface area contributed by atoms with Gasteiger partial charge in [0.25, 0.3) is 0 Å². The number of rotatable bonds is 8. The topological polar surface area (TPSA) is 3.24 Å². The maximum absolute atomic E-state index is 2.42. The van der Waals surface area contributed by atoms with Crippen molar-refractivity contribution in [2.24, 2.45) is 0 Å². The minimum Gasteiger partial charge on any atom is -0.310 e. The summed E-state index contributed by atoms with van der Waals surface area (Å²) in [4.78, 5) is 2.42. The average Bonchev–Trinajstić information content (AvgIpc) is 3.30. The van der Waals surface area contributed by atoms with Gasteiger partial charge in [-0.25, -0.2) is 0 Å². The highest BCUT2D eigenvalue weighted by Gasteiger charge is 2.22. The number of fused-ring (bicyclic) bond motifs is 3. The van der Waals surface area contributed by atoms with Gasteiger partial charge in [0.2, 0.25) is 0 Å². The van der Waals surface area contributed by atoms with E-state index in [1.54, 1.807) is 0 Å². The zero-order valence-corrected chi connectivity index (χ0v) is 31.5. The second-order valence-electron chi connectivity index (χ2n) is 14.5. The summed E-state index contributed by atoms with van der Waals surface area (Å²) in [6.45, 7) is 0. The lowest BCUT2D eigenvalue weighted by molar-refractivity contribution is 1.28. The fourth-order valence-electron chi connectivity index (χ4n) is 8.42. The van der Waals surface area contributed by atoms with Crippen molar-refractivity contribution in [2.45, 2.75) is 0 Å². The summed E-state index contributed by atoms with van der Waals surface area (Å²) in [6.07, 6.45) is 0. The van der Waals surface area contributed by atoms with Crippen molar-refractivity contribution in [3.8, 4) is 55.6 Å². The molecule has 57 heavy (non-hydrogen) atoms. The summed E-state index contributed by atoms with van der Waals surface area (Å²) < 4.78 is 0. The number of hydrogen-bond donors (Lipinski definition) is 0. The molecular weight excluding hydrogens is 687 g/mol. The minimum atomic E-state index is 1.09. The zero-order valence-electron chi connectivity index (χ0n) is 31.5. The third-order valence-electron chi connectivity index (χ3n) is 11.0. The van der Waals surface area contributed by atoms with Crippen LogP contribution in [0.3, 0.4) is 0 Å². The monoisotopic (exact) mass is 725 g/mol. The first-order valence-electron chi connectivity index (χ1n) is 19.6. The molecule has 0 aliphatic heterocycles. The Kier molecular flexibility index (Phi) is 8.95. The highest BCUT2D eigenvalue weighted by molar-refractivity contribution is 6.22. The summed E-state index contributed by atoms with van der Waals surface area (Å²) in [5, 5.41) is 4.98. The van der Waals surface area contributed by atoms with Crippen LogP contribution < -0.4 is 4.90 Å². The molecule has 0 amide bonds. The van der Waals surface area contributed by atoms with Crippen LogP contribution in [0.4, 0.5) is 17.1 Å². The second kappa shape index (κ2) is 15.0. The Morgan fingerprint density at radius 2 is 0.667 bits per heavy atom. The number of benzene rings is 10. The molecule has 0 N–H and O–H groups in total. The fourth-order valence-corrected chi connectivity index (χ4v) is 8.42. The summed E-state index contributed by atoms with van der Waals surface area (Å²) in [5.41, 5.74) is 15.2. The van der Waals surface area contributed by atoms with E-state index in [0.29, 0.717) is 0 Å². The number of hydrogen-bond acceptors (Lipinski definition) is 1. The molecule has 0 aliphatic rings. The molecule has 0 unspecified atom stereocenters. The molecule has 0 spiro atoms. The largest absolute Gasteiger partial charge is 0.310 e. The van der Waals surface area contributed by atoms with E-state index in [9.17, 15) is 0 Å². The minimum absolute atomic E-state index is 1.09. The van der Waals surface area contributed by atoms with Crippen LogP contribution in [0, 0.1) is 0 Å². The van der Waals surface area contributed by atoms with Crippen LogP contribution >= 0.6 is 0 Å². The Labute approximate surface area is 334 Å². The molecule has 10 rings (SSSR count). The van der Waals surface area contributed by atoms with E-state index in [4.69, 9.17) is 0 Å². The molecule has 0 bridgehead atoms. The van der Waals surface area contributed by atoms with E-state index >= 15 is 0 Å².